The summed E-state index contributed by atoms with van der Waals surface area (Å²) in [5.41, 5.74) is 6.69. The van der Waals surface area contributed by atoms with E-state index in [0.29, 0.717) is 0 Å². The molecule has 2 radical (unpaired) electrons. The second-order valence-electron chi connectivity index (χ2n) is 5.12. The van der Waals surface area contributed by atoms with E-state index < -0.39 is 20.8 Å². The number of halogens is 3. The maximum absolute atomic E-state index is 6.94. The number of hydrogen-bond acceptors (Lipinski definition) is 0. The topological polar surface area (TPSA) is 23.8 Å². The van der Waals surface area contributed by atoms with Gasteiger partial charge < -0.3 is 5.73 Å². The minimum atomic E-state index is -0.826. The van der Waals surface area contributed by atoms with Crippen LogP contribution < -0.4 is 0 Å². The van der Waals surface area contributed by atoms with E-state index in [9.17, 15) is 0 Å². The Morgan fingerprint density at radius 3 is 1.90 bits per heavy atom. The van der Waals surface area contributed by atoms with Crippen LogP contribution in [-0.4, -0.2) is 15.1 Å². The van der Waals surface area contributed by atoms with Crippen LogP contribution in [0.4, 0.5) is 0 Å². The molecule has 0 fully saturated rings. The fourth-order valence-electron chi connectivity index (χ4n) is 1.11. The fraction of sp³-hybridized carbons (Fsp3) is 0.400. The van der Waals surface area contributed by atoms with Gasteiger partial charge in [0.05, 0.1) is 0 Å². The molecule has 0 spiro atoms. The normalized spacial score (nSPS) is 9.19. The molecule has 0 saturated heterocycles. The molecule has 0 atom stereocenters. The molecule has 0 heterocycles. The molecule has 0 bridgehead atoms. The van der Waals surface area contributed by atoms with Crippen LogP contribution in [0.2, 0.25) is 18.1 Å². The van der Waals surface area contributed by atoms with Crippen molar-refractivity contribution in [3.05, 3.63) is 47.2 Å². The Balaban J connectivity index is 0. The summed E-state index contributed by atoms with van der Waals surface area (Å²) in [5, 5.41) is 3.25. The first-order valence-electron chi connectivity index (χ1n) is 6.30. The summed E-state index contributed by atoms with van der Waals surface area (Å²) >= 11 is 4.96. The Morgan fingerprint density at radius 1 is 1.14 bits per heavy atom. The fourth-order valence-corrected chi connectivity index (χ4v) is 1.35. The van der Waals surface area contributed by atoms with Gasteiger partial charge in [0.2, 0.25) is 0 Å². The van der Waals surface area contributed by atoms with Crippen molar-refractivity contribution in [2.75, 3.05) is 0 Å². The summed E-state index contributed by atoms with van der Waals surface area (Å²) in [7, 11) is 11.0. The number of rotatable bonds is 0. The van der Waals surface area contributed by atoms with Gasteiger partial charge in [0.25, 0.3) is 0 Å². The standard InChI is InChI=1S/C9H6Cl.C4H10N.C2H6Si.2ClH.Zr/c10-9-5-7-3-1-2-4-8(7)6-9;1-4(2,3)5;1-3-2;;;/h1-6H;5H,1-3H3;1-2H3;2*1H;/q2*-1;;;;+4/p-2. The van der Waals surface area contributed by atoms with Gasteiger partial charge in [-0.3, -0.25) is 0 Å². The molecular formula is C15H22Cl3NSiZr. The molecule has 116 valence electrons. The first kappa shape index (κ1) is 24.0. The Bertz CT molecular complexity index is 428. The Kier molecular flexibility index (Phi) is 16.4. The van der Waals surface area contributed by atoms with Gasteiger partial charge in [-0.25, -0.2) is 0 Å². The quantitative estimate of drug-likeness (QED) is 0.304. The van der Waals surface area contributed by atoms with Crippen molar-refractivity contribution in [2.45, 2.75) is 39.4 Å². The molecule has 2 rings (SSSR count). The van der Waals surface area contributed by atoms with Crippen LogP contribution in [0.25, 0.3) is 16.5 Å². The molecule has 1 nitrogen and oxygen atoms in total. The molecular weight excluding hydrogens is 420 g/mol. The van der Waals surface area contributed by atoms with Crippen LogP contribution in [0.15, 0.2) is 36.4 Å². The van der Waals surface area contributed by atoms with Gasteiger partial charge in [-0.05, 0) is 5.02 Å². The predicted octanol–water partition coefficient (Wildman–Crippen LogP) is 7.21. The van der Waals surface area contributed by atoms with Gasteiger partial charge in [0.1, 0.15) is 0 Å². The number of nitrogens with one attached hydrogen (secondary N) is 1. The third kappa shape index (κ3) is 18.7. The van der Waals surface area contributed by atoms with E-state index in [0.717, 1.165) is 14.5 Å². The molecule has 0 aliphatic heterocycles. The average Bonchev–Trinajstić information content (AvgIpc) is 2.68. The first-order chi connectivity index (χ1) is 9.69. The van der Waals surface area contributed by atoms with Gasteiger partial charge in [-0.15, -0.1) is 58.2 Å². The van der Waals surface area contributed by atoms with E-state index in [-0.39, 0.29) is 5.54 Å². The monoisotopic (exact) mass is 439 g/mol. The van der Waals surface area contributed by atoms with Gasteiger partial charge >= 0.3 is 37.9 Å². The minimum absolute atomic E-state index is 0.250. The van der Waals surface area contributed by atoms with Crippen molar-refractivity contribution in [3.63, 3.8) is 0 Å². The number of hydrogen-bond donors (Lipinski definition) is 0. The van der Waals surface area contributed by atoms with Crippen molar-refractivity contribution < 1.29 is 20.8 Å². The van der Waals surface area contributed by atoms with E-state index >= 15 is 0 Å². The first-order valence-corrected chi connectivity index (χ1v) is 15.0. The van der Waals surface area contributed by atoms with Gasteiger partial charge in [-0.1, -0.05) is 39.9 Å². The van der Waals surface area contributed by atoms with Crippen LogP contribution in [0.5, 0.6) is 0 Å². The molecule has 1 N–H and O–H groups in total. The van der Waals surface area contributed by atoms with E-state index in [4.69, 9.17) is 34.4 Å². The molecule has 21 heavy (non-hydrogen) atoms. The van der Waals surface area contributed by atoms with Crippen LogP contribution in [-0.2, 0) is 20.8 Å². The molecule has 2 aromatic carbocycles. The van der Waals surface area contributed by atoms with Crippen molar-refractivity contribution in [3.8, 4) is 0 Å². The van der Waals surface area contributed by atoms with Crippen LogP contribution in [0, 0.1) is 0 Å². The van der Waals surface area contributed by atoms with Crippen molar-refractivity contribution in [1.82, 2.24) is 0 Å². The molecule has 0 amide bonds. The summed E-state index contributed by atoms with van der Waals surface area (Å²) < 4.78 is 0. The van der Waals surface area contributed by atoms with Crippen LogP contribution in [0.3, 0.4) is 0 Å². The second kappa shape index (κ2) is 14.4. The molecule has 0 aromatic heterocycles. The molecule has 0 unspecified atom stereocenters. The predicted molar refractivity (Wildman–Crippen MR) is 97.8 cm³/mol. The zero-order chi connectivity index (χ0) is 16.9. The molecule has 6 heteroatoms. The third-order valence-corrected chi connectivity index (χ3v) is 1.80. The molecule has 0 saturated carbocycles. The Labute approximate surface area is 155 Å². The van der Waals surface area contributed by atoms with Crippen molar-refractivity contribution >= 4 is 48.9 Å². The molecule has 0 aliphatic carbocycles. The van der Waals surface area contributed by atoms with E-state index in [1.54, 1.807) is 0 Å². The van der Waals surface area contributed by atoms with Crippen molar-refractivity contribution in [1.29, 1.82) is 0 Å². The number of benzene rings is 1. The number of fused-ring (bicyclic) bond motifs is 1. The third-order valence-electron chi connectivity index (χ3n) is 1.58. The van der Waals surface area contributed by atoms with Gasteiger partial charge in [-0.2, -0.15) is 0 Å². The Morgan fingerprint density at radius 2 is 1.52 bits per heavy atom. The zero-order valence-corrected chi connectivity index (χ0v) is 18.8. The summed E-state index contributed by atoms with van der Waals surface area (Å²) in [5.74, 6) is 0. The van der Waals surface area contributed by atoms with E-state index in [2.05, 4.69) is 25.2 Å². The van der Waals surface area contributed by atoms with E-state index in [1.165, 1.54) is 10.8 Å². The van der Waals surface area contributed by atoms with Crippen molar-refractivity contribution in [2.24, 2.45) is 0 Å². The van der Waals surface area contributed by atoms with E-state index in [1.807, 2.05) is 45.0 Å². The van der Waals surface area contributed by atoms with Crippen LogP contribution >= 0.6 is 28.6 Å². The molecule has 2 aromatic rings. The van der Waals surface area contributed by atoms with Crippen LogP contribution in [0.1, 0.15) is 20.8 Å². The summed E-state index contributed by atoms with van der Waals surface area (Å²) in [6.45, 7) is 9.87. The second-order valence-corrected chi connectivity index (χ2v) is 10.3. The zero-order valence-electron chi connectivity index (χ0n) is 13.1. The molecule has 0 aliphatic rings. The average molecular weight is 442 g/mol. The SMILES string of the molecule is CC(C)(C)[NH-].C[Si]C.Clc1cc2ccccc2[cH-]1.[Cl][Zr+2][Cl]. The summed E-state index contributed by atoms with van der Waals surface area (Å²) in [6, 6.07) is 12.1. The summed E-state index contributed by atoms with van der Waals surface area (Å²) in [4.78, 5) is 0. The van der Waals surface area contributed by atoms with Gasteiger partial charge in [0, 0.05) is 9.52 Å². The Hall–Kier alpha value is 0.760. The van der Waals surface area contributed by atoms with Gasteiger partial charge in [0.15, 0.2) is 0 Å². The maximum atomic E-state index is 6.94. The summed E-state index contributed by atoms with van der Waals surface area (Å²) in [6.07, 6.45) is 0.